The number of pyridine rings is 1. The van der Waals surface area contributed by atoms with Crippen LogP contribution in [0.25, 0.3) is 0 Å². The number of aromatic nitrogens is 1. The van der Waals surface area contributed by atoms with E-state index in [1.54, 1.807) is 48.5 Å². The van der Waals surface area contributed by atoms with E-state index in [0.717, 1.165) is 12.0 Å². The Hall–Kier alpha value is -3.39. The molecule has 3 rings (SSSR count). The third-order valence-electron chi connectivity index (χ3n) is 5.17. The Morgan fingerprint density at radius 2 is 1.64 bits per heavy atom. The van der Waals surface area contributed by atoms with Gasteiger partial charge in [0.1, 0.15) is 5.75 Å². The van der Waals surface area contributed by atoms with Gasteiger partial charge in [0.25, 0.3) is 15.9 Å². The Bertz CT molecular complexity index is 1170. The molecular weight excluding hydrogens is 438 g/mol. The predicted molar refractivity (Wildman–Crippen MR) is 129 cm³/mol. The molecule has 174 valence electrons. The summed E-state index contributed by atoms with van der Waals surface area (Å²) in [5, 5.41) is 2.91. The van der Waals surface area contributed by atoms with Crippen molar-refractivity contribution in [3.63, 3.8) is 0 Å². The zero-order valence-corrected chi connectivity index (χ0v) is 20.0. The van der Waals surface area contributed by atoms with Gasteiger partial charge in [0.05, 0.1) is 16.8 Å². The van der Waals surface area contributed by atoms with Gasteiger partial charge in [0.15, 0.2) is 0 Å². The minimum absolute atomic E-state index is 0.105. The minimum Gasteiger partial charge on any atom is -0.439 e. The number of ether oxygens (including phenoxy) is 1. The van der Waals surface area contributed by atoms with Crippen molar-refractivity contribution in [3.8, 4) is 11.6 Å². The second-order valence-corrected chi connectivity index (χ2v) is 9.81. The molecule has 0 aliphatic rings. The lowest BCUT2D eigenvalue weighted by atomic mass is 10.0. The fraction of sp³-hybridized carbons (Fsp3) is 0.280. The van der Waals surface area contributed by atoms with Gasteiger partial charge in [0.2, 0.25) is 5.88 Å². The highest BCUT2D eigenvalue weighted by Gasteiger charge is 2.15. The average Bonchev–Trinajstić information content (AvgIpc) is 2.80. The molecule has 3 aromatic rings. The summed E-state index contributed by atoms with van der Waals surface area (Å²) in [6.07, 6.45) is 2.25. The number of nitrogens with zero attached hydrogens (tertiary/aromatic N) is 1. The topological polar surface area (TPSA) is 97.4 Å². The standard InChI is InChI=1S/C25H29N3O4S/c1-5-18(4)27-25(29)20-6-11-22(12-7-20)32-24-15-10-21(16-26-24)28-33(30,31)23-13-8-19(9-14-23)17(2)3/h6-18,28H,5H2,1-4H3,(H,27,29). The van der Waals surface area contributed by atoms with Crippen LogP contribution in [0.2, 0.25) is 0 Å². The van der Waals surface area contributed by atoms with E-state index in [1.165, 1.54) is 6.20 Å². The molecule has 0 saturated heterocycles. The summed E-state index contributed by atoms with van der Waals surface area (Å²) >= 11 is 0. The number of hydrogen-bond acceptors (Lipinski definition) is 5. The highest BCUT2D eigenvalue weighted by molar-refractivity contribution is 7.92. The van der Waals surface area contributed by atoms with Crippen molar-refractivity contribution < 1.29 is 17.9 Å². The quantitative estimate of drug-likeness (QED) is 0.443. The first-order valence-corrected chi connectivity index (χ1v) is 12.3. The lowest BCUT2D eigenvalue weighted by molar-refractivity contribution is 0.0939. The monoisotopic (exact) mass is 467 g/mol. The van der Waals surface area contributed by atoms with Crippen LogP contribution in [0.1, 0.15) is 56.0 Å². The number of hydrogen-bond donors (Lipinski definition) is 2. The SMILES string of the molecule is CCC(C)NC(=O)c1ccc(Oc2ccc(NS(=O)(=O)c3ccc(C(C)C)cc3)cn2)cc1. The van der Waals surface area contributed by atoms with E-state index >= 15 is 0 Å². The molecule has 1 aromatic heterocycles. The van der Waals surface area contributed by atoms with Gasteiger partial charge in [-0.05, 0) is 67.3 Å². The molecule has 0 saturated carbocycles. The molecule has 1 heterocycles. The van der Waals surface area contributed by atoms with E-state index in [9.17, 15) is 13.2 Å². The van der Waals surface area contributed by atoms with Crippen molar-refractivity contribution in [2.45, 2.75) is 51.0 Å². The second kappa shape index (κ2) is 10.5. The molecule has 2 aromatic carbocycles. The van der Waals surface area contributed by atoms with E-state index in [4.69, 9.17) is 4.74 Å². The van der Waals surface area contributed by atoms with Gasteiger partial charge in [-0.2, -0.15) is 0 Å². The van der Waals surface area contributed by atoms with E-state index in [0.29, 0.717) is 28.8 Å². The summed E-state index contributed by atoms with van der Waals surface area (Å²) < 4.78 is 33.5. The van der Waals surface area contributed by atoms with E-state index in [1.807, 2.05) is 26.0 Å². The fourth-order valence-electron chi connectivity index (χ4n) is 2.95. The van der Waals surface area contributed by atoms with Gasteiger partial charge in [-0.1, -0.05) is 32.9 Å². The van der Waals surface area contributed by atoms with Gasteiger partial charge in [-0.3, -0.25) is 9.52 Å². The largest absolute Gasteiger partial charge is 0.439 e. The Morgan fingerprint density at radius 1 is 0.970 bits per heavy atom. The molecule has 1 amide bonds. The lowest BCUT2D eigenvalue weighted by Crippen LogP contribution is -2.31. The van der Waals surface area contributed by atoms with Crippen LogP contribution in [0.3, 0.4) is 0 Å². The number of carbonyl (C=O) groups excluding carboxylic acids is 1. The van der Waals surface area contributed by atoms with Crippen LogP contribution in [0, 0.1) is 0 Å². The molecule has 8 heteroatoms. The van der Waals surface area contributed by atoms with Crippen molar-refractivity contribution in [1.29, 1.82) is 0 Å². The van der Waals surface area contributed by atoms with Gasteiger partial charge >= 0.3 is 0 Å². The Labute approximate surface area is 195 Å². The van der Waals surface area contributed by atoms with Gasteiger partial charge in [-0.15, -0.1) is 0 Å². The molecule has 1 unspecified atom stereocenters. The number of nitrogens with one attached hydrogen (secondary N) is 2. The van der Waals surface area contributed by atoms with E-state index in [-0.39, 0.29) is 16.8 Å². The number of amides is 1. The fourth-order valence-corrected chi connectivity index (χ4v) is 3.99. The summed E-state index contributed by atoms with van der Waals surface area (Å²) in [4.78, 5) is 16.5. The Morgan fingerprint density at radius 3 is 2.18 bits per heavy atom. The van der Waals surface area contributed by atoms with Crippen LogP contribution < -0.4 is 14.8 Å². The third kappa shape index (κ3) is 6.55. The van der Waals surface area contributed by atoms with Crippen LogP contribution >= 0.6 is 0 Å². The minimum atomic E-state index is -3.72. The maximum absolute atomic E-state index is 12.6. The smallest absolute Gasteiger partial charge is 0.261 e. The van der Waals surface area contributed by atoms with Crippen molar-refractivity contribution in [2.75, 3.05) is 4.72 Å². The highest BCUT2D eigenvalue weighted by atomic mass is 32.2. The second-order valence-electron chi connectivity index (χ2n) is 8.12. The first-order chi connectivity index (χ1) is 15.7. The number of benzene rings is 2. The maximum atomic E-state index is 12.6. The summed E-state index contributed by atoms with van der Waals surface area (Å²) in [6, 6.07) is 16.8. The normalized spacial score (nSPS) is 12.3. The molecule has 0 spiro atoms. The third-order valence-corrected chi connectivity index (χ3v) is 6.57. The zero-order valence-electron chi connectivity index (χ0n) is 19.2. The molecule has 0 fully saturated rings. The molecule has 0 aliphatic heterocycles. The van der Waals surface area contributed by atoms with Crippen molar-refractivity contribution >= 4 is 21.6 Å². The maximum Gasteiger partial charge on any atom is 0.261 e. The molecule has 1 atom stereocenters. The molecule has 0 aliphatic carbocycles. The van der Waals surface area contributed by atoms with E-state index in [2.05, 4.69) is 28.9 Å². The van der Waals surface area contributed by atoms with Crippen molar-refractivity contribution in [1.82, 2.24) is 10.3 Å². The molecule has 2 N–H and O–H groups in total. The van der Waals surface area contributed by atoms with Gasteiger partial charge < -0.3 is 10.1 Å². The number of sulfonamides is 1. The van der Waals surface area contributed by atoms with Crippen LogP contribution in [0.4, 0.5) is 5.69 Å². The summed E-state index contributed by atoms with van der Waals surface area (Å²) in [5.41, 5.74) is 1.94. The average molecular weight is 468 g/mol. The van der Waals surface area contributed by atoms with Crippen LogP contribution in [-0.2, 0) is 10.0 Å². The molecule has 0 radical (unpaired) electrons. The molecular formula is C25H29N3O4S. The summed E-state index contributed by atoms with van der Waals surface area (Å²) in [7, 11) is -3.72. The summed E-state index contributed by atoms with van der Waals surface area (Å²) in [5.74, 6) is 1.01. The number of anilines is 1. The van der Waals surface area contributed by atoms with Gasteiger partial charge in [0, 0.05) is 17.7 Å². The van der Waals surface area contributed by atoms with Crippen molar-refractivity contribution in [2.24, 2.45) is 0 Å². The van der Waals surface area contributed by atoms with Crippen LogP contribution in [0.15, 0.2) is 71.8 Å². The van der Waals surface area contributed by atoms with Gasteiger partial charge in [-0.25, -0.2) is 13.4 Å². The molecule has 7 nitrogen and oxygen atoms in total. The predicted octanol–water partition coefficient (Wildman–Crippen LogP) is 5.33. The number of rotatable bonds is 9. The van der Waals surface area contributed by atoms with E-state index < -0.39 is 10.0 Å². The Kier molecular flexibility index (Phi) is 7.71. The Balaban J connectivity index is 1.62. The lowest BCUT2D eigenvalue weighted by Gasteiger charge is -2.12. The first kappa shape index (κ1) is 24.3. The van der Waals surface area contributed by atoms with Crippen LogP contribution in [0.5, 0.6) is 11.6 Å². The first-order valence-electron chi connectivity index (χ1n) is 10.9. The highest BCUT2D eigenvalue weighted by Crippen LogP contribution is 2.23. The molecule has 0 bridgehead atoms. The van der Waals surface area contributed by atoms with Crippen LogP contribution in [-0.4, -0.2) is 25.4 Å². The number of carbonyl (C=O) groups is 1. The molecule has 33 heavy (non-hydrogen) atoms. The zero-order chi connectivity index (χ0) is 24.0. The van der Waals surface area contributed by atoms with Crippen molar-refractivity contribution in [3.05, 3.63) is 78.0 Å². The summed E-state index contributed by atoms with van der Waals surface area (Å²) in [6.45, 7) is 8.06.